The van der Waals surface area contributed by atoms with Crippen molar-refractivity contribution >= 4 is 33.4 Å². The fraction of sp³-hybridized carbons (Fsp3) is 0.267. The highest BCUT2D eigenvalue weighted by Crippen LogP contribution is 2.19. The van der Waals surface area contributed by atoms with Gasteiger partial charge in [-0.2, -0.15) is 0 Å². The molecule has 2 aromatic rings. The Morgan fingerprint density at radius 3 is 2.86 bits per heavy atom. The van der Waals surface area contributed by atoms with Gasteiger partial charge in [0.05, 0.1) is 24.0 Å². The average Bonchev–Trinajstić information content (AvgIpc) is 2.97. The van der Waals surface area contributed by atoms with E-state index in [9.17, 15) is 4.79 Å². The summed E-state index contributed by atoms with van der Waals surface area (Å²) in [7, 11) is 0. The average molecular weight is 383 g/mol. The van der Waals surface area contributed by atoms with Gasteiger partial charge in [0.1, 0.15) is 6.10 Å². The summed E-state index contributed by atoms with van der Waals surface area (Å²) in [6, 6.07) is 7.65. The summed E-state index contributed by atoms with van der Waals surface area (Å²) >= 11 is 9.11. The third-order valence-corrected chi connectivity index (χ3v) is 4.06. The SMILES string of the molecule is O=C(c1cccc(Br)c1)N1CC[C@H](Oc2ncc(Cl)cn2)C1. The summed E-state index contributed by atoms with van der Waals surface area (Å²) in [5, 5.41) is 0.463. The maximum atomic E-state index is 12.4. The lowest BCUT2D eigenvalue weighted by molar-refractivity contribution is 0.0769. The predicted molar refractivity (Wildman–Crippen MR) is 86.1 cm³/mol. The van der Waals surface area contributed by atoms with Gasteiger partial charge in [0.25, 0.3) is 5.91 Å². The standard InChI is InChI=1S/C15H13BrClN3O2/c16-11-3-1-2-10(6-11)14(21)20-5-4-13(9-20)22-15-18-7-12(17)8-19-15/h1-3,6-8,13H,4-5,9H2/t13-/m0/s1. The van der Waals surface area contributed by atoms with E-state index in [1.54, 1.807) is 4.90 Å². The number of rotatable bonds is 3. The zero-order chi connectivity index (χ0) is 15.5. The number of benzene rings is 1. The number of carbonyl (C=O) groups is 1. The molecule has 1 aliphatic rings. The van der Waals surface area contributed by atoms with E-state index >= 15 is 0 Å². The minimum absolute atomic E-state index is 0.00410. The zero-order valence-electron chi connectivity index (χ0n) is 11.6. The Kier molecular flexibility index (Phi) is 4.59. The van der Waals surface area contributed by atoms with E-state index in [4.69, 9.17) is 16.3 Å². The second-order valence-electron chi connectivity index (χ2n) is 4.97. The molecule has 0 radical (unpaired) electrons. The zero-order valence-corrected chi connectivity index (χ0v) is 13.9. The second kappa shape index (κ2) is 6.62. The Labute approximate surface area is 141 Å². The number of amides is 1. The van der Waals surface area contributed by atoms with Crippen LogP contribution in [0.1, 0.15) is 16.8 Å². The molecule has 2 heterocycles. The van der Waals surface area contributed by atoms with E-state index in [1.807, 2.05) is 24.3 Å². The molecule has 1 fully saturated rings. The molecule has 1 saturated heterocycles. The Balaban J connectivity index is 1.62. The highest BCUT2D eigenvalue weighted by molar-refractivity contribution is 9.10. The number of aromatic nitrogens is 2. The van der Waals surface area contributed by atoms with Crippen molar-refractivity contribution in [2.75, 3.05) is 13.1 Å². The molecule has 1 atom stereocenters. The maximum absolute atomic E-state index is 12.4. The first-order chi connectivity index (χ1) is 10.6. The van der Waals surface area contributed by atoms with Crippen LogP contribution in [0, 0.1) is 0 Å². The van der Waals surface area contributed by atoms with Gasteiger partial charge in [-0.3, -0.25) is 4.79 Å². The quantitative estimate of drug-likeness (QED) is 0.818. The number of likely N-dealkylation sites (tertiary alicyclic amines) is 1. The van der Waals surface area contributed by atoms with Crippen molar-refractivity contribution in [3.05, 3.63) is 51.7 Å². The normalized spacial score (nSPS) is 17.5. The van der Waals surface area contributed by atoms with Crippen LogP contribution in [0.5, 0.6) is 6.01 Å². The first kappa shape index (κ1) is 15.2. The molecule has 1 aromatic carbocycles. The van der Waals surface area contributed by atoms with E-state index < -0.39 is 0 Å². The first-order valence-corrected chi connectivity index (χ1v) is 7.98. The Bertz CT molecular complexity index is 681. The molecule has 0 saturated carbocycles. The minimum atomic E-state index is -0.0997. The molecule has 3 rings (SSSR count). The van der Waals surface area contributed by atoms with E-state index in [0.29, 0.717) is 23.7 Å². The third kappa shape index (κ3) is 3.56. The van der Waals surface area contributed by atoms with Crippen molar-refractivity contribution < 1.29 is 9.53 Å². The van der Waals surface area contributed by atoms with Crippen molar-refractivity contribution in [3.63, 3.8) is 0 Å². The Morgan fingerprint density at radius 2 is 2.14 bits per heavy atom. The Morgan fingerprint density at radius 1 is 1.36 bits per heavy atom. The van der Waals surface area contributed by atoms with Crippen LogP contribution in [-0.2, 0) is 0 Å². The monoisotopic (exact) mass is 381 g/mol. The molecule has 1 aromatic heterocycles. The predicted octanol–water partition coefficient (Wildman–Crippen LogP) is 3.19. The van der Waals surface area contributed by atoms with Gasteiger partial charge in [0, 0.05) is 23.0 Å². The number of hydrogen-bond acceptors (Lipinski definition) is 4. The van der Waals surface area contributed by atoms with Gasteiger partial charge < -0.3 is 9.64 Å². The summed E-state index contributed by atoms with van der Waals surface area (Å²) < 4.78 is 6.58. The first-order valence-electron chi connectivity index (χ1n) is 6.81. The van der Waals surface area contributed by atoms with E-state index in [1.165, 1.54) is 12.4 Å². The van der Waals surface area contributed by atoms with Gasteiger partial charge in [-0.25, -0.2) is 9.97 Å². The molecule has 5 nitrogen and oxygen atoms in total. The summed E-state index contributed by atoms with van der Waals surface area (Å²) in [6.45, 7) is 1.18. The smallest absolute Gasteiger partial charge is 0.316 e. The Hall–Kier alpha value is -1.66. The van der Waals surface area contributed by atoms with Crippen LogP contribution in [0.2, 0.25) is 5.02 Å². The molecule has 1 aliphatic heterocycles. The maximum Gasteiger partial charge on any atom is 0.316 e. The number of hydrogen-bond donors (Lipinski definition) is 0. The molecule has 0 unspecified atom stereocenters. The largest absolute Gasteiger partial charge is 0.458 e. The lowest BCUT2D eigenvalue weighted by Gasteiger charge is -2.16. The van der Waals surface area contributed by atoms with E-state index in [2.05, 4.69) is 25.9 Å². The number of nitrogens with zero attached hydrogens (tertiary/aromatic N) is 3. The van der Waals surface area contributed by atoms with Crippen LogP contribution < -0.4 is 4.74 Å². The fourth-order valence-corrected chi connectivity index (χ4v) is 2.82. The molecule has 1 amide bonds. The highest BCUT2D eigenvalue weighted by atomic mass is 79.9. The summed E-state index contributed by atoms with van der Waals surface area (Å²) in [5.41, 5.74) is 0.665. The molecule has 0 spiro atoms. The third-order valence-electron chi connectivity index (χ3n) is 3.37. The molecular formula is C15H13BrClN3O2. The summed E-state index contributed by atoms with van der Waals surface area (Å²) in [6.07, 6.45) is 3.63. The van der Waals surface area contributed by atoms with Crippen LogP contribution in [0.4, 0.5) is 0 Å². The van der Waals surface area contributed by atoms with Crippen LogP contribution in [0.25, 0.3) is 0 Å². The molecule has 0 bridgehead atoms. The molecule has 22 heavy (non-hydrogen) atoms. The van der Waals surface area contributed by atoms with Crippen molar-refractivity contribution in [1.29, 1.82) is 0 Å². The van der Waals surface area contributed by atoms with Crippen LogP contribution >= 0.6 is 27.5 Å². The van der Waals surface area contributed by atoms with Crippen LogP contribution in [0.3, 0.4) is 0 Å². The highest BCUT2D eigenvalue weighted by Gasteiger charge is 2.28. The van der Waals surface area contributed by atoms with E-state index in [0.717, 1.165) is 10.9 Å². The summed E-state index contributed by atoms with van der Waals surface area (Å²) in [4.78, 5) is 22.2. The fourth-order valence-electron chi connectivity index (χ4n) is 2.32. The van der Waals surface area contributed by atoms with Gasteiger partial charge in [-0.1, -0.05) is 33.6 Å². The molecule has 114 valence electrons. The van der Waals surface area contributed by atoms with Crippen molar-refractivity contribution in [3.8, 4) is 6.01 Å². The lowest BCUT2D eigenvalue weighted by Crippen LogP contribution is -2.31. The lowest BCUT2D eigenvalue weighted by atomic mass is 10.2. The van der Waals surface area contributed by atoms with Crippen LogP contribution in [-0.4, -0.2) is 40.0 Å². The van der Waals surface area contributed by atoms with Gasteiger partial charge in [-0.15, -0.1) is 0 Å². The second-order valence-corrected chi connectivity index (χ2v) is 6.33. The van der Waals surface area contributed by atoms with Gasteiger partial charge >= 0.3 is 6.01 Å². The van der Waals surface area contributed by atoms with Crippen molar-refractivity contribution in [2.24, 2.45) is 0 Å². The van der Waals surface area contributed by atoms with Gasteiger partial charge in [0.2, 0.25) is 0 Å². The van der Waals surface area contributed by atoms with E-state index in [-0.39, 0.29) is 18.0 Å². The van der Waals surface area contributed by atoms with Crippen molar-refractivity contribution in [2.45, 2.75) is 12.5 Å². The summed E-state index contributed by atoms with van der Waals surface area (Å²) in [5.74, 6) is 0.00410. The molecule has 0 aliphatic carbocycles. The van der Waals surface area contributed by atoms with Crippen molar-refractivity contribution in [1.82, 2.24) is 14.9 Å². The molecule has 0 N–H and O–H groups in total. The molecular weight excluding hydrogens is 370 g/mol. The topological polar surface area (TPSA) is 55.3 Å². The number of ether oxygens (including phenoxy) is 1. The van der Waals surface area contributed by atoms with Gasteiger partial charge in [0.15, 0.2) is 0 Å². The number of carbonyl (C=O) groups excluding carboxylic acids is 1. The minimum Gasteiger partial charge on any atom is -0.458 e. The van der Waals surface area contributed by atoms with Crippen LogP contribution in [0.15, 0.2) is 41.1 Å². The number of halogens is 2. The van der Waals surface area contributed by atoms with Gasteiger partial charge in [-0.05, 0) is 18.2 Å². The molecule has 7 heteroatoms.